The van der Waals surface area contributed by atoms with Crippen molar-refractivity contribution in [2.24, 2.45) is 7.05 Å². The number of nitrogens with one attached hydrogen (secondary N) is 3. The monoisotopic (exact) mass is 412 g/mol. The molecule has 7 heteroatoms. The molecular formula is C19H17BrN4O2. The van der Waals surface area contributed by atoms with E-state index in [0.717, 1.165) is 4.47 Å². The number of benzene rings is 2. The number of anilines is 3. The van der Waals surface area contributed by atoms with E-state index in [1.54, 1.807) is 54.1 Å². The van der Waals surface area contributed by atoms with Crippen molar-refractivity contribution in [3.05, 3.63) is 77.0 Å². The molecule has 0 aliphatic carbocycles. The molecule has 0 radical (unpaired) electrons. The van der Waals surface area contributed by atoms with E-state index >= 15 is 0 Å². The van der Waals surface area contributed by atoms with E-state index in [4.69, 9.17) is 0 Å². The molecule has 1 heterocycles. The summed E-state index contributed by atoms with van der Waals surface area (Å²) in [5.74, 6) is -0.208. The minimum atomic E-state index is -0.332. The van der Waals surface area contributed by atoms with Gasteiger partial charge in [-0.1, -0.05) is 18.2 Å². The number of para-hydroxylation sites is 1. The van der Waals surface area contributed by atoms with Crippen LogP contribution in [0.2, 0.25) is 0 Å². The SMILES string of the molecule is Cn1cc(Br)cc1C(=O)Nc1ccc(NC(=O)Nc2ccccc2)cc1. The molecule has 0 unspecified atom stereocenters. The molecule has 0 saturated heterocycles. The van der Waals surface area contributed by atoms with Crippen molar-refractivity contribution in [2.45, 2.75) is 0 Å². The second-order valence-corrected chi connectivity index (χ2v) is 6.55. The van der Waals surface area contributed by atoms with Crippen molar-refractivity contribution in [1.82, 2.24) is 4.57 Å². The number of hydrogen-bond donors (Lipinski definition) is 3. The first-order chi connectivity index (χ1) is 12.5. The zero-order valence-corrected chi connectivity index (χ0v) is 15.6. The third-order valence-corrected chi connectivity index (χ3v) is 4.07. The highest BCUT2D eigenvalue weighted by atomic mass is 79.9. The lowest BCUT2D eigenvalue weighted by atomic mass is 10.2. The molecule has 0 atom stereocenters. The molecule has 0 saturated carbocycles. The van der Waals surface area contributed by atoms with Crippen LogP contribution in [0.25, 0.3) is 0 Å². The maximum atomic E-state index is 12.3. The molecular weight excluding hydrogens is 396 g/mol. The molecule has 0 aliphatic heterocycles. The summed E-state index contributed by atoms with van der Waals surface area (Å²) in [6.45, 7) is 0. The fraction of sp³-hybridized carbons (Fsp3) is 0.0526. The zero-order chi connectivity index (χ0) is 18.5. The Morgan fingerprint density at radius 2 is 1.38 bits per heavy atom. The molecule has 3 aromatic rings. The summed E-state index contributed by atoms with van der Waals surface area (Å²) in [5, 5.41) is 8.31. The topological polar surface area (TPSA) is 75.2 Å². The maximum absolute atomic E-state index is 12.3. The van der Waals surface area contributed by atoms with E-state index in [9.17, 15) is 9.59 Å². The first-order valence-corrected chi connectivity index (χ1v) is 8.67. The minimum Gasteiger partial charge on any atom is -0.345 e. The molecule has 26 heavy (non-hydrogen) atoms. The summed E-state index contributed by atoms with van der Waals surface area (Å²) >= 11 is 3.35. The Balaban J connectivity index is 1.59. The number of urea groups is 1. The van der Waals surface area contributed by atoms with Gasteiger partial charge < -0.3 is 20.5 Å². The Hall–Kier alpha value is -3.06. The first-order valence-electron chi connectivity index (χ1n) is 7.87. The minimum absolute atomic E-state index is 0.208. The number of nitrogens with zero attached hydrogens (tertiary/aromatic N) is 1. The number of rotatable bonds is 4. The predicted molar refractivity (Wildman–Crippen MR) is 107 cm³/mol. The second kappa shape index (κ2) is 7.88. The van der Waals surface area contributed by atoms with Crippen LogP contribution in [-0.2, 0) is 7.05 Å². The predicted octanol–water partition coefficient (Wildman–Crippen LogP) is 4.68. The molecule has 3 N–H and O–H groups in total. The van der Waals surface area contributed by atoms with Crippen LogP contribution in [0.5, 0.6) is 0 Å². The summed E-state index contributed by atoms with van der Waals surface area (Å²) in [6.07, 6.45) is 1.81. The second-order valence-electron chi connectivity index (χ2n) is 5.63. The van der Waals surface area contributed by atoms with Crippen LogP contribution in [0.3, 0.4) is 0 Å². The van der Waals surface area contributed by atoms with Crippen LogP contribution in [-0.4, -0.2) is 16.5 Å². The Morgan fingerprint density at radius 1 is 0.846 bits per heavy atom. The molecule has 1 aromatic heterocycles. The Bertz CT molecular complexity index is 920. The van der Waals surface area contributed by atoms with Gasteiger partial charge >= 0.3 is 6.03 Å². The Kier molecular flexibility index (Phi) is 5.38. The van der Waals surface area contributed by atoms with Crippen molar-refractivity contribution < 1.29 is 9.59 Å². The summed E-state index contributed by atoms with van der Waals surface area (Å²) in [5.41, 5.74) is 2.52. The summed E-state index contributed by atoms with van der Waals surface area (Å²) in [7, 11) is 1.80. The lowest BCUT2D eigenvalue weighted by molar-refractivity contribution is 0.101. The number of carbonyl (C=O) groups excluding carboxylic acids is 2. The van der Waals surface area contributed by atoms with Gasteiger partial charge in [0.25, 0.3) is 5.91 Å². The molecule has 132 valence electrons. The standard InChI is InChI=1S/C19H17BrN4O2/c1-24-12-13(20)11-17(24)18(25)21-15-7-9-16(10-8-15)23-19(26)22-14-5-3-2-4-6-14/h2-12H,1H3,(H,21,25)(H2,22,23,26). The van der Waals surface area contributed by atoms with E-state index < -0.39 is 0 Å². The Labute approximate surface area is 159 Å². The van der Waals surface area contributed by atoms with Gasteiger partial charge in [-0.2, -0.15) is 0 Å². The van der Waals surface area contributed by atoms with Crippen LogP contribution in [0.15, 0.2) is 71.3 Å². The normalized spacial score (nSPS) is 10.2. The molecule has 6 nitrogen and oxygen atoms in total. The number of halogens is 1. The van der Waals surface area contributed by atoms with Crippen LogP contribution < -0.4 is 16.0 Å². The smallest absolute Gasteiger partial charge is 0.323 e. The highest BCUT2D eigenvalue weighted by molar-refractivity contribution is 9.10. The Morgan fingerprint density at radius 3 is 1.92 bits per heavy atom. The number of hydrogen-bond acceptors (Lipinski definition) is 2. The van der Waals surface area contributed by atoms with Gasteiger partial charge in [0, 0.05) is 34.8 Å². The van der Waals surface area contributed by atoms with Gasteiger partial charge in [-0.25, -0.2) is 4.79 Å². The molecule has 0 fully saturated rings. The summed E-state index contributed by atoms with van der Waals surface area (Å²) in [6, 6.07) is 17.5. The van der Waals surface area contributed by atoms with E-state index in [0.29, 0.717) is 22.8 Å². The largest absolute Gasteiger partial charge is 0.345 e. The first kappa shape index (κ1) is 17.8. The average molecular weight is 413 g/mol. The number of aromatic nitrogens is 1. The van der Waals surface area contributed by atoms with Crippen molar-refractivity contribution in [2.75, 3.05) is 16.0 Å². The molecule has 3 amide bonds. The molecule has 2 aromatic carbocycles. The van der Waals surface area contributed by atoms with Crippen molar-refractivity contribution in [3.8, 4) is 0 Å². The molecule has 3 rings (SSSR count). The van der Waals surface area contributed by atoms with Crippen molar-refractivity contribution >= 4 is 44.9 Å². The number of aryl methyl sites for hydroxylation is 1. The van der Waals surface area contributed by atoms with Gasteiger partial charge in [0.15, 0.2) is 0 Å². The van der Waals surface area contributed by atoms with Gasteiger partial charge in [0.05, 0.1) is 0 Å². The van der Waals surface area contributed by atoms with E-state index in [1.807, 2.05) is 24.4 Å². The molecule has 0 bridgehead atoms. The van der Waals surface area contributed by atoms with Crippen LogP contribution in [0.4, 0.5) is 21.9 Å². The lowest BCUT2D eigenvalue weighted by Gasteiger charge is -2.09. The fourth-order valence-corrected chi connectivity index (χ4v) is 2.92. The highest BCUT2D eigenvalue weighted by Crippen LogP contribution is 2.18. The number of carbonyl (C=O) groups is 2. The van der Waals surface area contributed by atoms with Gasteiger partial charge in [-0.3, -0.25) is 4.79 Å². The van der Waals surface area contributed by atoms with Gasteiger partial charge in [0.1, 0.15) is 5.69 Å². The number of amides is 3. The van der Waals surface area contributed by atoms with E-state index in [2.05, 4.69) is 31.9 Å². The van der Waals surface area contributed by atoms with Crippen LogP contribution >= 0.6 is 15.9 Å². The molecule has 0 aliphatic rings. The quantitative estimate of drug-likeness (QED) is 0.581. The van der Waals surface area contributed by atoms with E-state index in [1.165, 1.54) is 0 Å². The maximum Gasteiger partial charge on any atom is 0.323 e. The van der Waals surface area contributed by atoms with Crippen LogP contribution in [0, 0.1) is 0 Å². The van der Waals surface area contributed by atoms with Gasteiger partial charge in [0.2, 0.25) is 0 Å². The average Bonchev–Trinajstić information content (AvgIpc) is 2.96. The molecule has 0 spiro atoms. The summed E-state index contributed by atoms with van der Waals surface area (Å²) < 4.78 is 2.58. The van der Waals surface area contributed by atoms with Crippen molar-refractivity contribution in [1.29, 1.82) is 0 Å². The lowest BCUT2D eigenvalue weighted by Crippen LogP contribution is -2.19. The van der Waals surface area contributed by atoms with Gasteiger partial charge in [-0.05, 0) is 58.4 Å². The third-order valence-electron chi connectivity index (χ3n) is 3.64. The van der Waals surface area contributed by atoms with Crippen molar-refractivity contribution in [3.63, 3.8) is 0 Å². The van der Waals surface area contributed by atoms with E-state index in [-0.39, 0.29) is 11.9 Å². The third kappa shape index (κ3) is 4.52. The van der Waals surface area contributed by atoms with Crippen LogP contribution in [0.1, 0.15) is 10.5 Å². The summed E-state index contributed by atoms with van der Waals surface area (Å²) in [4.78, 5) is 24.3. The van der Waals surface area contributed by atoms with Gasteiger partial charge in [-0.15, -0.1) is 0 Å². The zero-order valence-electron chi connectivity index (χ0n) is 14.0. The fourth-order valence-electron chi connectivity index (χ4n) is 2.40. The highest BCUT2D eigenvalue weighted by Gasteiger charge is 2.11.